The lowest BCUT2D eigenvalue weighted by Crippen LogP contribution is -2.48. The zero-order valence-corrected chi connectivity index (χ0v) is 16.3. The van der Waals surface area contributed by atoms with Crippen molar-refractivity contribution in [1.29, 1.82) is 0 Å². The Kier molecular flexibility index (Phi) is 5.68. The number of rotatable bonds is 4. The Labute approximate surface area is 158 Å². The molecule has 0 bridgehead atoms. The molecule has 0 atom stereocenters. The second kappa shape index (κ2) is 7.97. The highest BCUT2D eigenvalue weighted by molar-refractivity contribution is 7.13. The molecule has 1 aliphatic heterocycles. The normalized spacial score (nSPS) is 15.1. The average molecular weight is 372 g/mol. The first-order valence-corrected chi connectivity index (χ1v) is 9.52. The van der Waals surface area contributed by atoms with E-state index in [9.17, 15) is 9.59 Å². The highest BCUT2D eigenvalue weighted by Crippen LogP contribution is 2.21. The van der Waals surface area contributed by atoms with Crippen molar-refractivity contribution in [2.24, 2.45) is 0 Å². The average Bonchev–Trinajstić information content (AvgIpc) is 3.01. The number of carbonyl (C=O) groups excluding carboxylic acids is 2. The van der Waals surface area contributed by atoms with E-state index in [0.717, 1.165) is 35.9 Å². The van der Waals surface area contributed by atoms with Crippen LogP contribution in [0.2, 0.25) is 0 Å². The number of piperazine rings is 1. The Balaban J connectivity index is 1.57. The van der Waals surface area contributed by atoms with Crippen LogP contribution >= 0.6 is 11.3 Å². The molecule has 138 valence electrons. The summed E-state index contributed by atoms with van der Waals surface area (Å²) < 4.78 is 0. The van der Waals surface area contributed by atoms with Gasteiger partial charge in [0.2, 0.25) is 0 Å². The third kappa shape index (κ3) is 4.11. The Bertz CT molecular complexity index is 780. The molecular weight excluding hydrogens is 348 g/mol. The fourth-order valence-corrected chi connectivity index (χ4v) is 4.11. The predicted octanol–water partition coefficient (Wildman–Crippen LogP) is 2.11. The van der Waals surface area contributed by atoms with E-state index in [2.05, 4.69) is 9.88 Å². The highest BCUT2D eigenvalue weighted by Gasteiger charge is 2.24. The first kappa shape index (κ1) is 18.5. The van der Waals surface area contributed by atoms with Gasteiger partial charge in [-0.1, -0.05) is 18.2 Å². The summed E-state index contributed by atoms with van der Waals surface area (Å²) in [6.45, 7) is 5.65. The van der Waals surface area contributed by atoms with Gasteiger partial charge in [-0.25, -0.2) is 4.98 Å². The minimum Gasteiger partial charge on any atom is -0.344 e. The number of aryl methyl sites for hydroxylation is 1. The van der Waals surface area contributed by atoms with Gasteiger partial charge in [-0.15, -0.1) is 11.3 Å². The van der Waals surface area contributed by atoms with Gasteiger partial charge in [0.15, 0.2) is 0 Å². The van der Waals surface area contributed by atoms with E-state index in [4.69, 9.17) is 0 Å². The monoisotopic (exact) mass is 372 g/mol. The van der Waals surface area contributed by atoms with E-state index < -0.39 is 0 Å². The number of aromatic nitrogens is 1. The van der Waals surface area contributed by atoms with Crippen molar-refractivity contribution in [2.75, 3.05) is 40.3 Å². The molecule has 2 aromatic rings. The van der Waals surface area contributed by atoms with Crippen LogP contribution < -0.4 is 0 Å². The van der Waals surface area contributed by atoms with Gasteiger partial charge < -0.3 is 9.80 Å². The lowest BCUT2D eigenvalue weighted by molar-refractivity contribution is 0.0628. The van der Waals surface area contributed by atoms with Gasteiger partial charge in [-0.2, -0.15) is 0 Å². The van der Waals surface area contributed by atoms with E-state index >= 15 is 0 Å². The quantitative estimate of drug-likeness (QED) is 0.825. The molecule has 0 saturated carbocycles. The molecule has 3 rings (SSSR count). The summed E-state index contributed by atoms with van der Waals surface area (Å²) in [5, 5.41) is 0.954. The van der Waals surface area contributed by atoms with Crippen LogP contribution in [0.25, 0.3) is 0 Å². The molecule has 0 unspecified atom stereocenters. The lowest BCUT2D eigenvalue weighted by Gasteiger charge is -2.34. The summed E-state index contributed by atoms with van der Waals surface area (Å²) in [5.41, 5.74) is 1.53. The summed E-state index contributed by atoms with van der Waals surface area (Å²) in [4.78, 5) is 35.7. The molecule has 2 heterocycles. The van der Waals surface area contributed by atoms with E-state index in [1.54, 1.807) is 19.0 Å². The number of nitrogens with zero attached hydrogens (tertiary/aromatic N) is 4. The molecular formula is C19H24N4O2S. The highest BCUT2D eigenvalue weighted by atomic mass is 32.1. The zero-order chi connectivity index (χ0) is 18.7. The van der Waals surface area contributed by atoms with Crippen molar-refractivity contribution < 1.29 is 9.59 Å². The molecule has 1 saturated heterocycles. The maximum absolute atomic E-state index is 12.5. The van der Waals surface area contributed by atoms with Crippen LogP contribution in [-0.2, 0) is 6.54 Å². The van der Waals surface area contributed by atoms with Crippen molar-refractivity contribution in [2.45, 2.75) is 13.5 Å². The SMILES string of the molecule is Cc1nc(CN2CCN(C(=O)c3ccccc3)CC2)sc1C(=O)N(C)C. The predicted molar refractivity (Wildman–Crippen MR) is 102 cm³/mol. The number of hydrogen-bond acceptors (Lipinski definition) is 5. The van der Waals surface area contributed by atoms with E-state index in [0.29, 0.717) is 18.0 Å². The van der Waals surface area contributed by atoms with Gasteiger partial charge in [-0.3, -0.25) is 14.5 Å². The Morgan fingerprint density at radius 2 is 1.77 bits per heavy atom. The molecule has 0 spiro atoms. The van der Waals surface area contributed by atoms with Crippen LogP contribution in [0.4, 0.5) is 0 Å². The van der Waals surface area contributed by atoms with Crippen LogP contribution in [0.3, 0.4) is 0 Å². The van der Waals surface area contributed by atoms with E-state index in [1.807, 2.05) is 42.2 Å². The van der Waals surface area contributed by atoms with Crippen molar-refractivity contribution >= 4 is 23.2 Å². The number of amides is 2. The number of benzene rings is 1. The van der Waals surface area contributed by atoms with E-state index in [1.165, 1.54) is 11.3 Å². The van der Waals surface area contributed by atoms with Gasteiger partial charge in [-0.05, 0) is 19.1 Å². The van der Waals surface area contributed by atoms with Crippen LogP contribution in [0.5, 0.6) is 0 Å². The third-order valence-electron chi connectivity index (χ3n) is 4.48. The number of thiazole rings is 1. The van der Waals surface area contributed by atoms with Crippen molar-refractivity contribution in [1.82, 2.24) is 19.7 Å². The lowest BCUT2D eigenvalue weighted by atomic mass is 10.2. The Morgan fingerprint density at radius 1 is 1.12 bits per heavy atom. The molecule has 2 amide bonds. The minimum atomic E-state index is 0.00419. The Hall–Kier alpha value is -2.25. The van der Waals surface area contributed by atoms with Gasteiger partial charge in [0.05, 0.1) is 12.2 Å². The molecule has 7 heteroatoms. The summed E-state index contributed by atoms with van der Waals surface area (Å²) >= 11 is 1.47. The Morgan fingerprint density at radius 3 is 2.38 bits per heavy atom. The third-order valence-corrected chi connectivity index (χ3v) is 5.61. The number of hydrogen-bond donors (Lipinski definition) is 0. The standard InChI is InChI=1S/C19H24N4O2S/c1-14-17(19(25)21(2)3)26-16(20-14)13-22-9-11-23(12-10-22)18(24)15-7-5-4-6-8-15/h4-8H,9-13H2,1-3H3. The topological polar surface area (TPSA) is 56.8 Å². The largest absolute Gasteiger partial charge is 0.344 e. The van der Waals surface area contributed by atoms with Gasteiger partial charge in [0, 0.05) is 45.8 Å². The smallest absolute Gasteiger partial charge is 0.265 e. The summed E-state index contributed by atoms with van der Waals surface area (Å²) in [6, 6.07) is 9.41. The van der Waals surface area contributed by atoms with Crippen LogP contribution in [0.15, 0.2) is 30.3 Å². The maximum Gasteiger partial charge on any atom is 0.265 e. The van der Waals surface area contributed by atoms with Crippen LogP contribution in [0.1, 0.15) is 30.7 Å². The van der Waals surface area contributed by atoms with Gasteiger partial charge in [0.25, 0.3) is 11.8 Å². The molecule has 1 aromatic heterocycles. The summed E-state index contributed by atoms with van der Waals surface area (Å²) in [6.07, 6.45) is 0. The van der Waals surface area contributed by atoms with E-state index in [-0.39, 0.29) is 11.8 Å². The van der Waals surface area contributed by atoms with Crippen LogP contribution in [0, 0.1) is 6.92 Å². The molecule has 6 nitrogen and oxygen atoms in total. The molecule has 0 radical (unpaired) electrons. The summed E-state index contributed by atoms with van der Waals surface area (Å²) in [5.74, 6) is 0.0961. The van der Waals surface area contributed by atoms with Crippen LogP contribution in [-0.4, -0.2) is 71.8 Å². The van der Waals surface area contributed by atoms with Crippen molar-refractivity contribution in [3.05, 3.63) is 51.5 Å². The minimum absolute atomic E-state index is 0.00419. The fourth-order valence-electron chi connectivity index (χ4n) is 2.99. The summed E-state index contributed by atoms with van der Waals surface area (Å²) in [7, 11) is 3.51. The molecule has 1 fully saturated rings. The molecule has 0 N–H and O–H groups in total. The van der Waals surface area contributed by atoms with Gasteiger partial charge in [0.1, 0.15) is 9.88 Å². The molecule has 0 aliphatic carbocycles. The second-order valence-corrected chi connectivity index (χ2v) is 7.74. The molecule has 1 aliphatic rings. The zero-order valence-electron chi connectivity index (χ0n) is 15.4. The molecule has 26 heavy (non-hydrogen) atoms. The van der Waals surface area contributed by atoms with Crippen molar-refractivity contribution in [3.63, 3.8) is 0 Å². The maximum atomic E-state index is 12.5. The number of carbonyl (C=O) groups is 2. The fraction of sp³-hybridized carbons (Fsp3) is 0.421. The second-order valence-electron chi connectivity index (χ2n) is 6.66. The van der Waals surface area contributed by atoms with Crippen molar-refractivity contribution in [3.8, 4) is 0 Å². The van der Waals surface area contributed by atoms with Gasteiger partial charge >= 0.3 is 0 Å². The molecule has 1 aromatic carbocycles. The first-order chi connectivity index (χ1) is 12.5. The first-order valence-electron chi connectivity index (χ1n) is 8.70.